The minimum atomic E-state index is -0.479. The lowest BCUT2D eigenvalue weighted by atomic mass is 10.1. The number of carbonyl (C=O) groups excluding carboxylic acids is 1. The summed E-state index contributed by atoms with van der Waals surface area (Å²) in [6, 6.07) is 7.62. The fourth-order valence-corrected chi connectivity index (χ4v) is 3.49. The summed E-state index contributed by atoms with van der Waals surface area (Å²) in [6.45, 7) is 4.19. The minimum absolute atomic E-state index is 0. The van der Waals surface area contributed by atoms with Crippen molar-refractivity contribution in [3.8, 4) is 5.82 Å². The van der Waals surface area contributed by atoms with Crippen molar-refractivity contribution in [1.82, 2.24) is 35.6 Å². The number of hydrogen-bond acceptors (Lipinski definition) is 9. The maximum Gasteiger partial charge on any atom is 0.292 e. The summed E-state index contributed by atoms with van der Waals surface area (Å²) in [5, 5.41) is 19.8. The van der Waals surface area contributed by atoms with Gasteiger partial charge in [0, 0.05) is 11.0 Å². The summed E-state index contributed by atoms with van der Waals surface area (Å²) >= 11 is 3.40. The first-order valence-electron chi connectivity index (χ1n) is 9.39. The van der Waals surface area contributed by atoms with Gasteiger partial charge in [0.1, 0.15) is 5.69 Å². The van der Waals surface area contributed by atoms with Gasteiger partial charge in [-0.15, -0.1) is 17.5 Å². The van der Waals surface area contributed by atoms with Crippen LogP contribution in [-0.2, 0) is 6.54 Å². The number of nitrogens with two attached hydrogens (primary N) is 1. The van der Waals surface area contributed by atoms with Gasteiger partial charge in [-0.05, 0) is 60.9 Å². The smallest absolute Gasteiger partial charge is 0.292 e. The Balaban J connectivity index is 0.00000272. The predicted molar refractivity (Wildman–Crippen MR) is 119 cm³/mol. The van der Waals surface area contributed by atoms with E-state index in [0.717, 1.165) is 36.0 Å². The Morgan fingerprint density at radius 1 is 1.26 bits per heavy atom. The topological polar surface area (TPSA) is 140 Å². The first kappa shape index (κ1) is 22.8. The number of nitrogen functional groups attached to an aromatic ring is 1. The molecule has 4 rings (SSSR count). The molecule has 1 aliphatic rings. The molecule has 13 heteroatoms. The summed E-state index contributed by atoms with van der Waals surface area (Å²) in [4.78, 5) is 15.3. The Morgan fingerprint density at radius 2 is 1.97 bits per heavy atom. The largest absolute Gasteiger partial charge is 0.378 e. The van der Waals surface area contributed by atoms with Gasteiger partial charge in [0.15, 0.2) is 5.69 Å². The third-order valence-corrected chi connectivity index (χ3v) is 5.34. The summed E-state index contributed by atoms with van der Waals surface area (Å²) in [5.41, 5.74) is 10.6. The Kier molecular flexibility index (Phi) is 7.36. The van der Waals surface area contributed by atoms with E-state index < -0.39 is 5.91 Å². The minimum Gasteiger partial charge on any atom is -0.378 e. The number of rotatable bonds is 6. The summed E-state index contributed by atoms with van der Waals surface area (Å²) in [5.74, 6) is -0.363. The standard InChI is InChI=1S/C18H20BrN9O2.ClH/c1-11(12-4-6-13(19)7-5-12)21-23-18(29)15-14(10-27-8-2-3-9-27)22-26-28(15)17-16(20)24-30-25-17;/h4-7H,2-3,8-10H2,1H3,(H2,20,24)(H,23,29);1H/b21-11+;. The Hall–Kier alpha value is -2.83. The maximum absolute atomic E-state index is 13.1. The number of halogens is 2. The fraction of sp³-hybridized carbons (Fsp3) is 0.333. The molecule has 1 amide bonds. The number of amides is 1. The van der Waals surface area contributed by atoms with Gasteiger partial charge < -0.3 is 5.73 Å². The van der Waals surface area contributed by atoms with Crippen LogP contribution in [0, 0.1) is 0 Å². The SMILES string of the molecule is C/C(=N\NC(=O)c1c(CN2CCCC2)nnn1-c1nonc1N)c1ccc(Br)cc1.Cl. The highest BCUT2D eigenvalue weighted by atomic mass is 79.9. The van der Waals surface area contributed by atoms with Crippen molar-refractivity contribution < 1.29 is 9.42 Å². The average molecular weight is 511 g/mol. The highest BCUT2D eigenvalue weighted by Crippen LogP contribution is 2.19. The van der Waals surface area contributed by atoms with Crippen LogP contribution in [0.3, 0.4) is 0 Å². The Bertz CT molecular complexity index is 1070. The van der Waals surface area contributed by atoms with E-state index in [1.54, 1.807) is 0 Å². The number of anilines is 1. The maximum atomic E-state index is 13.1. The number of nitrogens with zero attached hydrogens (tertiary/aromatic N) is 7. The first-order valence-corrected chi connectivity index (χ1v) is 10.2. The van der Waals surface area contributed by atoms with Gasteiger partial charge in [0.05, 0.1) is 5.71 Å². The number of carbonyl (C=O) groups is 1. The molecule has 0 bridgehead atoms. The summed E-state index contributed by atoms with van der Waals surface area (Å²) in [7, 11) is 0. The van der Waals surface area contributed by atoms with Crippen molar-refractivity contribution in [2.45, 2.75) is 26.3 Å². The number of nitrogens with one attached hydrogen (secondary N) is 1. The summed E-state index contributed by atoms with van der Waals surface area (Å²) < 4.78 is 6.85. The second kappa shape index (κ2) is 9.98. The number of hydrazone groups is 1. The third kappa shape index (κ3) is 5.09. The number of benzene rings is 1. The van der Waals surface area contributed by atoms with E-state index in [0.29, 0.717) is 18.0 Å². The average Bonchev–Trinajstić information content (AvgIpc) is 3.48. The van der Waals surface area contributed by atoms with Crippen molar-refractivity contribution in [3.05, 3.63) is 45.7 Å². The molecule has 11 nitrogen and oxygen atoms in total. The quantitative estimate of drug-likeness (QED) is 0.380. The molecule has 3 aromatic rings. The van der Waals surface area contributed by atoms with Crippen LogP contribution in [0.5, 0.6) is 0 Å². The van der Waals surface area contributed by atoms with Crippen LogP contribution in [0.15, 0.2) is 38.5 Å². The molecular weight excluding hydrogens is 490 g/mol. The molecule has 0 saturated carbocycles. The molecule has 1 saturated heterocycles. The molecule has 3 N–H and O–H groups in total. The van der Waals surface area contributed by atoms with Crippen molar-refractivity contribution in [3.63, 3.8) is 0 Å². The van der Waals surface area contributed by atoms with E-state index in [9.17, 15) is 4.79 Å². The van der Waals surface area contributed by atoms with Crippen LogP contribution in [-0.4, -0.2) is 54.9 Å². The Morgan fingerprint density at radius 3 is 2.61 bits per heavy atom. The van der Waals surface area contributed by atoms with Gasteiger partial charge in [0.2, 0.25) is 11.6 Å². The van der Waals surface area contributed by atoms with E-state index in [4.69, 9.17) is 5.73 Å². The number of hydrogen-bond donors (Lipinski definition) is 2. The molecule has 0 atom stereocenters. The van der Waals surface area contributed by atoms with Gasteiger partial charge in [-0.25, -0.2) is 10.1 Å². The van der Waals surface area contributed by atoms with Crippen molar-refractivity contribution in [2.75, 3.05) is 18.8 Å². The zero-order valence-corrected chi connectivity index (χ0v) is 19.1. The molecule has 0 spiro atoms. The van der Waals surface area contributed by atoms with Crippen molar-refractivity contribution in [2.24, 2.45) is 5.10 Å². The van der Waals surface area contributed by atoms with Crippen molar-refractivity contribution in [1.29, 1.82) is 0 Å². The molecule has 0 radical (unpaired) electrons. The zero-order chi connectivity index (χ0) is 21.1. The van der Waals surface area contributed by atoms with Crippen LogP contribution in [0.4, 0.5) is 5.82 Å². The first-order chi connectivity index (χ1) is 14.5. The highest BCUT2D eigenvalue weighted by molar-refractivity contribution is 9.10. The van der Waals surface area contributed by atoms with Gasteiger partial charge in [0.25, 0.3) is 5.91 Å². The normalized spacial score (nSPS) is 14.5. The molecule has 1 fully saturated rings. The molecule has 3 heterocycles. The number of likely N-dealkylation sites (tertiary alicyclic amines) is 1. The van der Waals surface area contributed by atoms with E-state index in [2.05, 4.69) is 56.6 Å². The van der Waals surface area contributed by atoms with Gasteiger partial charge in [-0.1, -0.05) is 33.3 Å². The van der Waals surface area contributed by atoms with Crippen LogP contribution < -0.4 is 11.2 Å². The van der Waals surface area contributed by atoms with Crippen molar-refractivity contribution >= 4 is 45.8 Å². The number of aromatic nitrogens is 5. The molecule has 1 aromatic carbocycles. The van der Waals surface area contributed by atoms with Crippen LogP contribution in [0.1, 0.15) is 41.5 Å². The highest BCUT2D eigenvalue weighted by Gasteiger charge is 2.27. The fourth-order valence-electron chi connectivity index (χ4n) is 3.23. The lowest BCUT2D eigenvalue weighted by Gasteiger charge is -2.13. The van der Waals surface area contributed by atoms with Crippen LogP contribution >= 0.6 is 28.3 Å². The zero-order valence-electron chi connectivity index (χ0n) is 16.7. The van der Waals surface area contributed by atoms with E-state index >= 15 is 0 Å². The second-order valence-electron chi connectivity index (χ2n) is 6.90. The van der Waals surface area contributed by atoms with E-state index in [1.165, 1.54) is 4.68 Å². The lowest BCUT2D eigenvalue weighted by molar-refractivity contribution is 0.0945. The summed E-state index contributed by atoms with van der Waals surface area (Å²) in [6.07, 6.45) is 2.24. The molecule has 0 aliphatic carbocycles. The van der Waals surface area contributed by atoms with Gasteiger partial charge >= 0.3 is 0 Å². The second-order valence-corrected chi connectivity index (χ2v) is 7.81. The predicted octanol–water partition coefficient (Wildman–Crippen LogP) is 2.17. The Labute approximate surface area is 192 Å². The monoisotopic (exact) mass is 509 g/mol. The molecule has 1 aliphatic heterocycles. The van der Waals surface area contributed by atoms with E-state index in [-0.39, 0.29) is 29.7 Å². The van der Waals surface area contributed by atoms with Gasteiger partial charge in [-0.3, -0.25) is 9.69 Å². The van der Waals surface area contributed by atoms with E-state index in [1.807, 2.05) is 31.2 Å². The molecule has 0 unspecified atom stereocenters. The molecule has 2 aromatic heterocycles. The molecule has 164 valence electrons. The lowest BCUT2D eigenvalue weighted by Crippen LogP contribution is -2.26. The van der Waals surface area contributed by atoms with Gasteiger partial charge in [-0.2, -0.15) is 9.78 Å². The third-order valence-electron chi connectivity index (χ3n) is 4.81. The van der Waals surface area contributed by atoms with Crippen LogP contribution in [0.2, 0.25) is 0 Å². The molecular formula is C18H21BrClN9O2. The van der Waals surface area contributed by atoms with Crippen LogP contribution in [0.25, 0.3) is 5.82 Å². The molecule has 31 heavy (non-hydrogen) atoms.